The molecule has 0 unspecified atom stereocenters. The predicted octanol–water partition coefficient (Wildman–Crippen LogP) is 4.31. The lowest BCUT2D eigenvalue weighted by Crippen LogP contribution is -2.46. The van der Waals surface area contributed by atoms with Crippen molar-refractivity contribution in [3.8, 4) is 0 Å². The number of rotatable bonds is 2. The Balaban J connectivity index is 0.000000882. The molecule has 3 aliphatic carbocycles. The summed E-state index contributed by atoms with van der Waals surface area (Å²) in [7, 11) is 0. The first-order chi connectivity index (χ1) is 9.85. The van der Waals surface area contributed by atoms with Gasteiger partial charge >= 0.3 is 0 Å². The van der Waals surface area contributed by atoms with Crippen molar-refractivity contribution in [3.05, 3.63) is 0 Å². The molecule has 3 atom stereocenters. The lowest BCUT2D eigenvalue weighted by atomic mass is 9.67. The molecule has 3 saturated carbocycles. The van der Waals surface area contributed by atoms with E-state index in [-0.39, 0.29) is 24.8 Å². The molecule has 4 fully saturated rings. The van der Waals surface area contributed by atoms with Crippen LogP contribution in [0.25, 0.3) is 0 Å². The molecule has 4 heteroatoms. The molecule has 1 saturated heterocycles. The standard InChI is InChI=1S/C18H32N2.2ClH/c1-2-14-4-5-17(16(14)3-1)20-15-6-8-18(9-7-15)10-12-19-13-11-18;;/h14-17,19-20H,1-13H2;2*1H/t14-,16-,17-;;/m0../s1. The van der Waals surface area contributed by atoms with E-state index in [0.29, 0.717) is 0 Å². The van der Waals surface area contributed by atoms with Crippen molar-refractivity contribution in [1.29, 1.82) is 0 Å². The molecule has 1 heterocycles. The van der Waals surface area contributed by atoms with Crippen molar-refractivity contribution in [2.45, 2.75) is 82.7 Å². The third-order valence-corrected chi connectivity index (χ3v) is 7.24. The SMILES string of the molecule is C1C[C@H]2CC[C@H](NC3CCC4(CCNCC4)CC3)[C@H]2C1.Cl.Cl. The van der Waals surface area contributed by atoms with Gasteiger partial charge in [0.15, 0.2) is 0 Å². The van der Waals surface area contributed by atoms with Crippen LogP contribution in [-0.2, 0) is 0 Å². The van der Waals surface area contributed by atoms with Gasteiger partial charge in [-0.3, -0.25) is 0 Å². The zero-order valence-electron chi connectivity index (χ0n) is 13.8. The Kier molecular flexibility index (Phi) is 6.89. The number of piperidine rings is 1. The van der Waals surface area contributed by atoms with Gasteiger partial charge in [0.2, 0.25) is 0 Å². The van der Waals surface area contributed by atoms with Crippen LogP contribution in [0, 0.1) is 17.3 Å². The van der Waals surface area contributed by atoms with Crippen LogP contribution in [0.2, 0.25) is 0 Å². The third-order valence-electron chi connectivity index (χ3n) is 7.24. The molecule has 2 nitrogen and oxygen atoms in total. The molecular weight excluding hydrogens is 315 g/mol. The van der Waals surface area contributed by atoms with Gasteiger partial charge in [-0.15, -0.1) is 24.8 Å². The molecule has 22 heavy (non-hydrogen) atoms. The van der Waals surface area contributed by atoms with Gasteiger partial charge < -0.3 is 10.6 Å². The molecule has 130 valence electrons. The molecule has 1 aliphatic heterocycles. The minimum atomic E-state index is 0. The molecular formula is C18H34Cl2N2. The highest BCUT2D eigenvalue weighted by molar-refractivity contribution is 5.85. The Labute approximate surface area is 148 Å². The van der Waals surface area contributed by atoms with Gasteiger partial charge in [0, 0.05) is 12.1 Å². The fourth-order valence-corrected chi connectivity index (χ4v) is 5.92. The Bertz CT molecular complexity index is 334. The van der Waals surface area contributed by atoms with Gasteiger partial charge in [-0.05, 0) is 88.1 Å². The maximum absolute atomic E-state index is 4.10. The largest absolute Gasteiger partial charge is 0.317 e. The summed E-state index contributed by atoms with van der Waals surface area (Å²) in [6.07, 6.45) is 16.3. The van der Waals surface area contributed by atoms with E-state index in [9.17, 15) is 0 Å². The van der Waals surface area contributed by atoms with Crippen LogP contribution in [0.4, 0.5) is 0 Å². The number of fused-ring (bicyclic) bond motifs is 1. The lowest BCUT2D eigenvalue weighted by molar-refractivity contribution is 0.110. The van der Waals surface area contributed by atoms with E-state index in [0.717, 1.165) is 29.3 Å². The molecule has 0 bridgehead atoms. The highest BCUT2D eigenvalue weighted by atomic mass is 35.5. The first-order valence-corrected chi connectivity index (χ1v) is 9.31. The van der Waals surface area contributed by atoms with E-state index in [2.05, 4.69) is 10.6 Å². The Morgan fingerprint density at radius 3 is 2.23 bits per heavy atom. The third kappa shape index (κ3) is 3.77. The second kappa shape index (κ2) is 8.05. The van der Waals surface area contributed by atoms with Crippen molar-refractivity contribution in [1.82, 2.24) is 10.6 Å². The van der Waals surface area contributed by atoms with Crippen LogP contribution in [0.1, 0.15) is 70.6 Å². The smallest absolute Gasteiger partial charge is 0.0101 e. The van der Waals surface area contributed by atoms with Gasteiger partial charge in [-0.2, -0.15) is 0 Å². The summed E-state index contributed by atoms with van der Waals surface area (Å²) in [6.45, 7) is 2.54. The average molecular weight is 349 g/mol. The quantitative estimate of drug-likeness (QED) is 0.776. The summed E-state index contributed by atoms with van der Waals surface area (Å²) in [4.78, 5) is 0. The summed E-state index contributed by atoms with van der Waals surface area (Å²) in [5.41, 5.74) is 0.731. The first kappa shape index (κ1) is 18.8. The molecule has 4 rings (SSSR count). The van der Waals surface area contributed by atoms with Crippen LogP contribution in [0.3, 0.4) is 0 Å². The van der Waals surface area contributed by atoms with Gasteiger partial charge in [0.1, 0.15) is 0 Å². The average Bonchev–Trinajstić information content (AvgIpc) is 3.08. The summed E-state index contributed by atoms with van der Waals surface area (Å²) >= 11 is 0. The molecule has 0 radical (unpaired) electrons. The highest BCUT2D eigenvalue weighted by Gasteiger charge is 2.41. The Morgan fingerprint density at radius 2 is 1.50 bits per heavy atom. The maximum atomic E-state index is 4.10. The fourth-order valence-electron chi connectivity index (χ4n) is 5.92. The minimum absolute atomic E-state index is 0. The minimum Gasteiger partial charge on any atom is -0.317 e. The van der Waals surface area contributed by atoms with E-state index in [1.807, 2.05) is 0 Å². The summed E-state index contributed by atoms with van der Waals surface area (Å²) in [5.74, 6) is 2.14. The normalized spacial score (nSPS) is 37.4. The van der Waals surface area contributed by atoms with E-state index < -0.39 is 0 Å². The summed E-state index contributed by atoms with van der Waals surface area (Å²) in [5, 5.41) is 7.63. The molecule has 0 aromatic carbocycles. The molecule has 0 aromatic rings. The number of hydrogen-bond donors (Lipinski definition) is 2. The molecule has 1 spiro atoms. The second-order valence-corrected chi connectivity index (χ2v) is 8.23. The molecule has 0 aromatic heterocycles. The topological polar surface area (TPSA) is 24.1 Å². The molecule has 0 amide bonds. The fraction of sp³-hybridized carbons (Fsp3) is 1.00. The summed E-state index contributed by atoms with van der Waals surface area (Å²) < 4.78 is 0. The van der Waals surface area contributed by atoms with Crippen LogP contribution < -0.4 is 10.6 Å². The van der Waals surface area contributed by atoms with Gasteiger partial charge in [0.25, 0.3) is 0 Å². The molecule has 4 aliphatic rings. The lowest BCUT2D eigenvalue weighted by Gasteiger charge is -2.44. The van der Waals surface area contributed by atoms with Crippen LogP contribution in [0.15, 0.2) is 0 Å². The van der Waals surface area contributed by atoms with E-state index in [4.69, 9.17) is 0 Å². The Morgan fingerprint density at radius 1 is 0.773 bits per heavy atom. The van der Waals surface area contributed by atoms with Crippen LogP contribution in [-0.4, -0.2) is 25.2 Å². The van der Waals surface area contributed by atoms with Crippen molar-refractivity contribution in [2.24, 2.45) is 17.3 Å². The summed E-state index contributed by atoms with van der Waals surface area (Å²) in [6, 6.07) is 1.73. The number of nitrogens with one attached hydrogen (secondary N) is 2. The van der Waals surface area contributed by atoms with Gasteiger partial charge in [-0.25, -0.2) is 0 Å². The van der Waals surface area contributed by atoms with E-state index >= 15 is 0 Å². The monoisotopic (exact) mass is 348 g/mol. The second-order valence-electron chi connectivity index (χ2n) is 8.23. The Hall–Kier alpha value is 0.500. The predicted molar refractivity (Wildman–Crippen MR) is 98.3 cm³/mol. The zero-order valence-corrected chi connectivity index (χ0v) is 15.5. The van der Waals surface area contributed by atoms with Crippen molar-refractivity contribution in [2.75, 3.05) is 13.1 Å². The van der Waals surface area contributed by atoms with Crippen LogP contribution >= 0.6 is 24.8 Å². The highest BCUT2D eigenvalue weighted by Crippen LogP contribution is 2.46. The molecule has 2 N–H and O–H groups in total. The van der Waals surface area contributed by atoms with E-state index in [1.165, 1.54) is 83.7 Å². The zero-order chi connectivity index (χ0) is 13.4. The van der Waals surface area contributed by atoms with Crippen molar-refractivity contribution in [3.63, 3.8) is 0 Å². The van der Waals surface area contributed by atoms with Crippen molar-refractivity contribution < 1.29 is 0 Å². The first-order valence-electron chi connectivity index (χ1n) is 9.31. The van der Waals surface area contributed by atoms with Crippen LogP contribution in [0.5, 0.6) is 0 Å². The van der Waals surface area contributed by atoms with Gasteiger partial charge in [-0.1, -0.05) is 12.8 Å². The van der Waals surface area contributed by atoms with E-state index in [1.54, 1.807) is 0 Å². The van der Waals surface area contributed by atoms with Crippen molar-refractivity contribution >= 4 is 24.8 Å². The number of halogens is 2. The number of hydrogen-bond acceptors (Lipinski definition) is 2. The van der Waals surface area contributed by atoms with Gasteiger partial charge in [0.05, 0.1) is 0 Å². The maximum Gasteiger partial charge on any atom is 0.0101 e.